The predicted octanol–water partition coefficient (Wildman–Crippen LogP) is 3.36. The van der Waals surface area contributed by atoms with Gasteiger partial charge in [-0.25, -0.2) is 4.68 Å². The van der Waals surface area contributed by atoms with E-state index in [1.807, 2.05) is 6.07 Å². The van der Waals surface area contributed by atoms with E-state index in [-0.39, 0.29) is 18.5 Å². The van der Waals surface area contributed by atoms with Crippen LogP contribution >= 0.6 is 0 Å². The standard InChI is InChI=1S/C17H25F3N4O/c1-11-7-15(17(18,19)20)24-16(21-11)8-13(22-24)14-3-2-5-23(14)9-12-4-6-25-10-12/h8,11-12,14-15,21H,2-7,9-10H2,1H3/t11-,12?,14?,15-/m1/s1. The highest BCUT2D eigenvalue weighted by molar-refractivity contribution is 5.41. The van der Waals surface area contributed by atoms with E-state index in [2.05, 4.69) is 15.3 Å². The molecule has 1 N–H and O–H groups in total. The van der Waals surface area contributed by atoms with Gasteiger partial charge in [0.2, 0.25) is 0 Å². The number of halogens is 3. The molecule has 0 spiro atoms. The first-order valence-corrected chi connectivity index (χ1v) is 9.16. The Bertz CT molecular complexity index is 612. The Hall–Kier alpha value is -1.28. The Morgan fingerprint density at radius 1 is 1.36 bits per heavy atom. The van der Waals surface area contributed by atoms with Crippen LogP contribution in [0.1, 0.15) is 50.4 Å². The molecule has 8 heteroatoms. The Labute approximate surface area is 145 Å². The lowest BCUT2D eigenvalue weighted by Gasteiger charge is -2.31. The Balaban J connectivity index is 1.56. The van der Waals surface area contributed by atoms with Gasteiger partial charge in [-0.05, 0) is 45.1 Å². The molecule has 0 bridgehead atoms. The van der Waals surface area contributed by atoms with Gasteiger partial charge in [-0.2, -0.15) is 18.3 Å². The molecule has 3 aliphatic heterocycles. The number of rotatable bonds is 3. The maximum atomic E-state index is 13.4. The summed E-state index contributed by atoms with van der Waals surface area (Å²) in [5.41, 5.74) is 0.766. The van der Waals surface area contributed by atoms with Crippen molar-refractivity contribution >= 4 is 5.82 Å². The SMILES string of the molecule is C[C@@H]1C[C@H](C(F)(F)F)n2nc(C3CCCN3CC3CCOC3)cc2N1. The molecule has 4 rings (SSSR count). The van der Waals surface area contributed by atoms with Gasteiger partial charge in [0.05, 0.1) is 18.3 Å². The molecule has 3 aliphatic rings. The minimum atomic E-state index is -4.27. The van der Waals surface area contributed by atoms with Crippen LogP contribution in [0.15, 0.2) is 6.07 Å². The molecule has 0 saturated carbocycles. The van der Waals surface area contributed by atoms with E-state index in [0.29, 0.717) is 11.7 Å². The Morgan fingerprint density at radius 2 is 2.20 bits per heavy atom. The number of nitrogens with one attached hydrogen (secondary N) is 1. The molecule has 1 aromatic rings. The lowest BCUT2D eigenvalue weighted by Crippen LogP contribution is -2.38. The monoisotopic (exact) mass is 358 g/mol. The Kier molecular flexibility index (Phi) is 4.43. The number of ether oxygens (including phenoxy) is 1. The van der Waals surface area contributed by atoms with Crippen molar-refractivity contribution in [2.75, 3.05) is 31.6 Å². The van der Waals surface area contributed by atoms with Crippen LogP contribution in [0.5, 0.6) is 0 Å². The van der Waals surface area contributed by atoms with Gasteiger partial charge in [0.1, 0.15) is 5.82 Å². The fourth-order valence-corrected chi connectivity index (χ4v) is 4.38. The molecule has 0 aliphatic carbocycles. The van der Waals surface area contributed by atoms with Gasteiger partial charge in [-0.15, -0.1) is 0 Å². The molecule has 0 amide bonds. The summed E-state index contributed by atoms with van der Waals surface area (Å²) in [4.78, 5) is 2.37. The van der Waals surface area contributed by atoms with Crippen molar-refractivity contribution in [3.63, 3.8) is 0 Å². The van der Waals surface area contributed by atoms with Gasteiger partial charge < -0.3 is 10.1 Å². The average Bonchev–Trinajstić information content (AvgIpc) is 3.25. The largest absolute Gasteiger partial charge is 0.410 e. The molecular formula is C17H25F3N4O. The number of hydrogen-bond donors (Lipinski definition) is 1. The number of aromatic nitrogens is 2. The molecule has 2 fully saturated rings. The normalized spacial score (nSPS) is 33.4. The molecular weight excluding hydrogens is 333 g/mol. The second-order valence-electron chi connectivity index (χ2n) is 7.62. The number of anilines is 1. The molecule has 0 aromatic carbocycles. The van der Waals surface area contributed by atoms with Gasteiger partial charge in [-0.1, -0.05) is 0 Å². The zero-order valence-corrected chi connectivity index (χ0v) is 14.4. The highest BCUT2D eigenvalue weighted by atomic mass is 19.4. The van der Waals surface area contributed by atoms with Crippen LogP contribution in [0.3, 0.4) is 0 Å². The first-order chi connectivity index (χ1) is 11.9. The highest BCUT2D eigenvalue weighted by Gasteiger charge is 2.46. The first kappa shape index (κ1) is 17.1. The summed E-state index contributed by atoms with van der Waals surface area (Å²) >= 11 is 0. The van der Waals surface area contributed by atoms with Crippen molar-refractivity contribution in [2.45, 2.75) is 56.9 Å². The molecule has 4 atom stereocenters. The molecule has 2 unspecified atom stereocenters. The van der Waals surface area contributed by atoms with Crippen LogP contribution in [0, 0.1) is 5.92 Å². The highest BCUT2D eigenvalue weighted by Crippen LogP contribution is 2.41. The second-order valence-corrected chi connectivity index (χ2v) is 7.62. The summed E-state index contributed by atoms with van der Waals surface area (Å²) in [7, 11) is 0. The van der Waals surface area contributed by atoms with Crippen LogP contribution in [0.4, 0.5) is 19.0 Å². The van der Waals surface area contributed by atoms with Gasteiger partial charge >= 0.3 is 6.18 Å². The zero-order valence-electron chi connectivity index (χ0n) is 14.4. The summed E-state index contributed by atoms with van der Waals surface area (Å²) in [5, 5.41) is 7.56. The summed E-state index contributed by atoms with van der Waals surface area (Å²) in [6, 6.07) is 0.192. The van der Waals surface area contributed by atoms with Crippen molar-refractivity contribution in [1.29, 1.82) is 0 Å². The van der Waals surface area contributed by atoms with E-state index < -0.39 is 12.2 Å². The summed E-state index contributed by atoms with van der Waals surface area (Å²) in [5.74, 6) is 1.02. The van der Waals surface area contributed by atoms with Gasteiger partial charge in [-0.3, -0.25) is 4.90 Å². The lowest BCUT2D eigenvalue weighted by atomic mass is 10.1. The summed E-state index contributed by atoms with van der Waals surface area (Å²) in [6.07, 6.45) is -1.17. The van der Waals surface area contributed by atoms with Crippen molar-refractivity contribution in [3.8, 4) is 0 Å². The van der Waals surface area contributed by atoms with Crippen molar-refractivity contribution < 1.29 is 17.9 Å². The van der Waals surface area contributed by atoms with Gasteiger partial charge in [0.25, 0.3) is 0 Å². The lowest BCUT2D eigenvalue weighted by molar-refractivity contribution is -0.173. The van der Waals surface area contributed by atoms with E-state index >= 15 is 0 Å². The topological polar surface area (TPSA) is 42.3 Å². The molecule has 25 heavy (non-hydrogen) atoms. The van der Waals surface area contributed by atoms with Crippen LogP contribution < -0.4 is 5.32 Å². The molecule has 5 nitrogen and oxygen atoms in total. The van der Waals surface area contributed by atoms with Crippen LogP contribution in [-0.2, 0) is 4.74 Å². The molecule has 1 aromatic heterocycles. The number of fused-ring (bicyclic) bond motifs is 1. The summed E-state index contributed by atoms with van der Waals surface area (Å²) < 4.78 is 46.9. The van der Waals surface area contributed by atoms with Crippen LogP contribution in [0.2, 0.25) is 0 Å². The molecule has 4 heterocycles. The zero-order chi connectivity index (χ0) is 17.6. The Morgan fingerprint density at radius 3 is 2.92 bits per heavy atom. The number of alkyl halides is 3. The third-order valence-electron chi connectivity index (χ3n) is 5.62. The maximum Gasteiger partial charge on any atom is 0.410 e. The number of hydrogen-bond acceptors (Lipinski definition) is 4. The smallest absolute Gasteiger partial charge is 0.381 e. The third-order valence-corrected chi connectivity index (χ3v) is 5.62. The van der Waals surface area contributed by atoms with Crippen molar-refractivity contribution in [1.82, 2.24) is 14.7 Å². The predicted molar refractivity (Wildman–Crippen MR) is 87.5 cm³/mol. The fraction of sp³-hybridized carbons (Fsp3) is 0.824. The van der Waals surface area contributed by atoms with Crippen LogP contribution in [-0.4, -0.2) is 53.2 Å². The molecule has 2 saturated heterocycles. The minimum Gasteiger partial charge on any atom is -0.381 e. The van der Waals surface area contributed by atoms with E-state index in [0.717, 1.165) is 55.9 Å². The van der Waals surface area contributed by atoms with Gasteiger partial charge in [0, 0.05) is 25.3 Å². The third kappa shape index (κ3) is 3.38. The van der Waals surface area contributed by atoms with Crippen molar-refractivity contribution in [2.24, 2.45) is 5.92 Å². The summed E-state index contributed by atoms with van der Waals surface area (Å²) in [6.45, 7) is 5.32. The maximum absolute atomic E-state index is 13.4. The van der Waals surface area contributed by atoms with E-state index in [1.54, 1.807) is 6.92 Å². The minimum absolute atomic E-state index is 0.0193. The van der Waals surface area contributed by atoms with E-state index in [4.69, 9.17) is 4.74 Å². The fourth-order valence-electron chi connectivity index (χ4n) is 4.38. The second kappa shape index (κ2) is 6.46. The first-order valence-electron chi connectivity index (χ1n) is 9.16. The average molecular weight is 358 g/mol. The van der Waals surface area contributed by atoms with Crippen LogP contribution in [0.25, 0.3) is 0 Å². The molecule has 0 radical (unpaired) electrons. The van der Waals surface area contributed by atoms with Crippen molar-refractivity contribution in [3.05, 3.63) is 11.8 Å². The molecule has 140 valence electrons. The quantitative estimate of drug-likeness (QED) is 0.900. The van der Waals surface area contributed by atoms with E-state index in [1.165, 1.54) is 0 Å². The number of likely N-dealkylation sites (tertiary alicyclic amines) is 1. The van der Waals surface area contributed by atoms with Gasteiger partial charge in [0.15, 0.2) is 6.04 Å². The number of nitrogens with zero attached hydrogens (tertiary/aromatic N) is 3. The van der Waals surface area contributed by atoms with E-state index in [9.17, 15) is 13.2 Å².